The van der Waals surface area contributed by atoms with E-state index >= 15 is 0 Å². The lowest BCUT2D eigenvalue weighted by Gasteiger charge is -2.15. The molecular formula is C24H27ClN6S. The number of imidazole rings is 1. The first-order chi connectivity index (χ1) is 15.7. The van der Waals surface area contributed by atoms with Crippen molar-refractivity contribution < 1.29 is 0 Å². The Hall–Kier alpha value is -2.77. The maximum atomic E-state index is 6.49. The quantitative estimate of drug-likeness (QED) is 0.314. The molecule has 0 radical (unpaired) electrons. The minimum atomic E-state index is 0.0265. The number of aromatic nitrogens is 6. The van der Waals surface area contributed by atoms with Crippen LogP contribution in [0.3, 0.4) is 0 Å². The van der Waals surface area contributed by atoms with Crippen molar-refractivity contribution >= 4 is 29.0 Å². The molecule has 6 nitrogen and oxygen atoms in total. The zero-order valence-corrected chi connectivity index (χ0v) is 19.9. The van der Waals surface area contributed by atoms with Crippen LogP contribution >= 0.6 is 22.9 Å². The molecule has 8 heteroatoms. The minimum absolute atomic E-state index is 0.0265. The topological polar surface area (TPSA) is 72.3 Å². The molecule has 3 aromatic heterocycles. The number of tetrazole rings is 1. The number of hydrogen-bond donors (Lipinski definition) is 1. The van der Waals surface area contributed by atoms with Crippen LogP contribution in [-0.2, 0) is 19.4 Å². The molecule has 0 spiro atoms. The SMILES string of the molecule is CCCCc1ncc(/C=C(\Cc2cccs2)C(C)c2nn[nH]n2)n1Cc1ccccc1Cl. The lowest BCUT2D eigenvalue weighted by atomic mass is 9.95. The molecule has 3 heterocycles. The zero-order valence-electron chi connectivity index (χ0n) is 18.3. The van der Waals surface area contributed by atoms with Gasteiger partial charge in [0.15, 0.2) is 5.82 Å². The van der Waals surface area contributed by atoms with Crippen LogP contribution in [0.15, 0.2) is 53.5 Å². The van der Waals surface area contributed by atoms with E-state index in [-0.39, 0.29) is 5.92 Å². The molecule has 0 aliphatic heterocycles. The number of aryl methyl sites for hydroxylation is 1. The largest absolute Gasteiger partial charge is 0.324 e. The summed E-state index contributed by atoms with van der Waals surface area (Å²) in [6, 6.07) is 12.3. The third kappa shape index (κ3) is 5.34. The first-order valence-electron chi connectivity index (χ1n) is 10.9. The van der Waals surface area contributed by atoms with Crippen molar-refractivity contribution in [2.45, 2.75) is 52.0 Å². The van der Waals surface area contributed by atoms with Gasteiger partial charge in [-0.3, -0.25) is 0 Å². The zero-order chi connectivity index (χ0) is 22.3. The monoisotopic (exact) mass is 466 g/mol. The predicted octanol–water partition coefficient (Wildman–Crippen LogP) is 5.93. The molecule has 1 unspecified atom stereocenters. The van der Waals surface area contributed by atoms with Crippen molar-refractivity contribution in [2.75, 3.05) is 0 Å². The summed E-state index contributed by atoms with van der Waals surface area (Å²) in [6.45, 7) is 5.01. The van der Waals surface area contributed by atoms with E-state index in [1.807, 2.05) is 24.4 Å². The Balaban J connectivity index is 1.74. The average molecular weight is 467 g/mol. The van der Waals surface area contributed by atoms with Gasteiger partial charge in [0.25, 0.3) is 0 Å². The standard InChI is InChI=1S/C24H27ClN6S/c1-3-4-11-23-26-15-20(31(23)16-18-8-5-6-10-22(18)25)13-19(14-21-9-7-12-32-21)17(2)24-27-29-30-28-24/h5-10,12-13,15,17H,3-4,11,14,16H2,1-2H3,(H,27,28,29,30)/b19-13+. The van der Waals surface area contributed by atoms with Crippen LogP contribution < -0.4 is 0 Å². The molecule has 4 rings (SSSR count). The van der Waals surface area contributed by atoms with Crippen LogP contribution in [0, 0.1) is 0 Å². The highest BCUT2D eigenvalue weighted by molar-refractivity contribution is 7.09. The van der Waals surface area contributed by atoms with Gasteiger partial charge in [0, 0.05) is 28.7 Å². The van der Waals surface area contributed by atoms with E-state index < -0.39 is 0 Å². The molecule has 1 aromatic carbocycles. The van der Waals surface area contributed by atoms with Crippen molar-refractivity contribution in [3.63, 3.8) is 0 Å². The maximum absolute atomic E-state index is 6.49. The lowest BCUT2D eigenvalue weighted by molar-refractivity contribution is 0.674. The van der Waals surface area contributed by atoms with Gasteiger partial charge in [-0.15, -0.1) is 21.5 Å². The van der Waals surface area contributed by atoms with Crippen LogP contribution in [-0.4, -0.2) is 30.2 Å². The predicted molar refractivity (Wildman–Crippen MR) is 130 cm³/mol. The van der Waals surface area contributed by atoms with Crippen molar-refractivity contribution in [3.05, 3.63) is 86.4 Å². The van der Waals surface area contributed by atoms with Gasteiger partial charge in [0.05, 0.1) is 18.4 Å². The summed E-state index contributed by atoms with van der Waals surface area (Å²) in [4.78, 5) is 6.08. The van der Waals surface area contributed by atoms with Crippen LogP contribution in [0.1, 0.15) is 60.4 Å². The van der Waals surface area contributed by atoms with Gasteiger partial charge < -0.3 is 4.57 Å². The molecule has 32 heavy (non-hydrogen) atoms. The summed E-state index contributed by atoms with van der Waals surface area (Å²) in [6.07, 6.45) is 8.20. The van der Waals surface area contributed by atoms with E-state index in [4.69, 9.17) is 16.6 Å². The molecule has 0 amide bonds. The fourth-order valence-electron chi connectivity index (χ4n) is 3.71. The number of nitrogens with zero attached hydrogens (tertiary/aromatic N) is 5. The summed E-state index contributed by atoms with van der Waals surface area (Å²) in [5.41, 5.74) is 3.37. The number of nitrogens with one attached hydrogen (secondary N) is 1. The highest BCUT2D eigenvalue weighted by atomic mass is 35.5. The molecular weight excluding hydrogens is 440 g/mol. The molecule has 1 atom stereocenters. The summed E-state index contributed by atoms with van der Waals surface area (Å²) < 4.78 is 2.29. The Morgan fingerprint density at radius 3 is 2.84 bits per heavy atom. The second kappa shape index (κ2) is 10.7. The van der Waals surface area contributed by atoms with Gasteiger partial charge in [-0.05, 0) is 35.6 Å². The fourth-order valence-corrected chi connectivity index (χ4v) is 4.64. The van der Waals surface area contributed by atoms with Crippen molar-refractivity contribution in [3.8, 4) is 0 Å². The van der Waals surface area contributed by atoms with E-state index in [9.17, 15) is 0 Å². The number of aromatic amines is 1. The van der Waals surface area contributed by atoms with Crippen molar-refractivity contribution in [1.82, 2.24) is 30.2 Å². The fraction of sp³-hybridized carbons (Fsp3) is 0.333. The third-order valence-corrected chi connectivity index (χ3v) is 6.85. The molecule has 0 aliphatic rings. The van der Waals surface area contributed by atoms with E-state index in [0.29, 0.717) is 12.4 Å². The average Bonchev–Trinajstić information content (AvgIpc) is 3.57. The molecule has 1 N–H and O–H groups in total. The minimum Gasteiger partial charge on any atom is -0.324 e. The second-order valence-electron chi connectivity index (χ2n) is 7.85. The molecule has 0 fully saturated rings. The second-order valence-corrected chi connectivity index (χ2v) is 9.29. The van der Waals surface area contributed by atoms with Crippen LogP contribution in [0.25, 0.3) is 6.08 Å². The lowest BCUT2D eigenvalue weighted by Crippen LogP contribution is -2.09. The summed E-state index contributed by atoms with van der Waals surface area (Å²) in [5, 5.41) is 17.7. The van der Waals surface area contributed by atoms with Gasteiger partial charge in [-0.2, -0.15) is 5.21 Å². The summed E-state index contributed by atoms with van der Waals surface area (Å²) in [5.74, 6) is 1.80. The number of allylic oxidation sites excluding steroid dienone is 1. The van der Waals surface area contributed by atoms with Gasteiger partial charge in [0.2, 0.25) is 0 Å². The molecule has 0 bridgehead atoms. The number of thiophene rings is 1. The summed E-state index contributed by atoms with van der Waals surface area (Å²) in [7, 11) is 0. The maximum Gasteiger partial charge on any atom is 0.181 e. The van der Waals surface area contributed by atoms with Crippen LogP contribution in [0.4, 0.5) is 0 Å². The van der Waals surface area contributed by atoms with Gasteiger partial charge in [0.1, 0.15) is 5.82 Å². The van der Waals surface area contributed by atoms with Gasteiger partial charge >= 0.3 is 0 Å². The van der Waals surface area contributed by atoms with E-state index in [1.54, 1.807) is 11.3 Å². The van der Waals surface area contributed by atoms with E-state index in [2.05, 4.69) is 68.7 Å². The Bertz CT molecular complexity index is 1150. The molecule has 4 aromatic rings. The molecule has 0 saturated carbocycles. The van der Waals surface area contributed by atoms with Gasteiger partial charge in [-0.25, -0.2) is 4.98 Å². The first-order valence-corrected chi connectivity index (χ1v) is 12.2. The Morgan fingerprint density at radius 1 is 1.25 bits per heavy atom. The van der Waals surface area contributed by atoms with E-state index in [1.165, 1.54) is 10.5 Å². The van der Waals surface area contributed by atoms with Crippen LogP contribution in [0.5, 0.6) is 0 Å². The first kappa shape index (κ1) is 22.4. The molecule has 166 valence electrons. The Morgan fingerprint density at radius 2 is 2.12 bits per heavy atom. The molecule has 0 saturated heterocycles. The number of H-pyrrole nitrogens is 1. The number of hydrogen-bond acceptors (Lipinski definition) is 5. The third-order valence-electron chi connectivity index (χ3n) is 5.61. The smallest absolute Gasteiger partial charge is 0.181 e. The van der Waals surface area contributed by atoms with Crippen molar-refractivity contribution in [1.29, 1.82) is 0 Å². The normalized spacial score (nSPS) is 12.9. The number of unbranched alkanes of at least 4 members (excludes halogenated alkanes) is 1. The number of rotatable bonds is 10. The Labute approximate surface area is 197 Å². The Kier molecular flexibility index (Phi) is 7.50. The number of halogens is 1. The number of benzene rings is 1. The molecule has 0 aliphatic carbocycles. The highest BCUT2D eigenvalue weighted by Crippen LogP contribution is 2.29. The van der Waals surface area contributed by atoms with Crippen molar-refractivity contribution in [2.24, 2.45) is 0 Å². The van der Waals surface area contributed by atoms with E-state index in [0.717, 1.165) is 47.8 Å². The van der Waals surface area contributed by atoms with Crippen LogP contribution in [0.2, 0.25) is 5.02 Å². The highest BCUT2D eigenvalue weighted by Gasteiger charge is 2.19. The van der Waals surface area contributed by atoms with Gasteiger partial charge in [-0.1, -0.05) is 66.9 Å². The summed E-state index contributed by atoms with van der Waals surface area (Å²) >= 11 is 8.25.